The molecule has 0 amide bonds. The van der Waals surface area contributed by atoms with Crippen LogP contribution in [0.4, 0.5) is 8.78 Å². The molecular formula is C47H75F2N3OSi2. The van der Waals surface area contributed by atoms with Crippen LogP contribution in [0.5, 0.6) is 5.75 Å². The van der Waals surface area contributed by atoms with Gasteiger partial charge in [0.25, 0.3) is 0 Å². The molecule has 0 saturated carbocycles. The van der Waals surface area contributed by atoms with Crippen LogP contribution in [0.1, 0.15) is 169 Å². The molecule has 1 aliphatic rings. The van der Waals surface area contributed by atoms with Gasteiger partial charge in [0.2, 0.25) is 0 Å². The minimum absolute atomic E-state index is 0.233. The van der Waals surface area contributed by atoms with Crippen LogP contribution in [-0.4, -0.2) is 40.6 Å². The van der Waals surface area contributed by atoms with E-state index in [4.69, 9.17) is 14.7 Å². The van der Waals surface area contributed by atoms with Crippen molar-refractivity contribution in [3.05, 3.63) is 48.4 Å². The summed E-state index contributed by atoms with van der Waals surface area (Å²) in [6.07, 6.45) is 28.8. The molecule has 2 aromatic heterocycles. The van der Waals surface area contributed by atoms with E-state index in [9.17, 15) is 0 Å². The van der Waals surface area contributed by atoms with Gasteiger partial charge in [-0.25, -0.2) is 15.0 Å². The highest BCUT2D eigenvalue weighted by molar-refractivity contribution is 6.56. The average molecular weight is 792 g/mol. The number of pyridine rings is 1. The summed E-state index contributed by atoms with van der Waals surface area (Å²) in [6.45, 7) is 13.5. The number of ether oxygens (including phenoxy) is 1. The predicted molar refractivity (Wildman–Crippen MR) is 237 cm³/mol. The van der Waals surface area contributed by atoms with Gasteiger partial charge in [-0.3, -0.25) is 0 Å². The van der Waals surface area contributed by atoms with Crippen LogP contribution < -0.4 is 15.1 Å². The Morgan fingerprint density at radius 2 is 1.24 bits per heavy atom. The quantitative estimate of drug-likeness (QED) is 0.0543. The molecule has 0 radical (unpaired) electrons. The maximum atomic E-state index is 15.0. The monoisotopic (exact) mass is 792 g/mol. The largest absolute Gasteiger partial charge is 0.485 e. The SMILES string of the molecule is CCCCCC(C)CCCCCCC(C)[SiH2]c1cc(-c2ncc(-c3ccccc3[SiH2]CCC(C)CCCCC(C)CCCCC)cn2)nc2c1OCC2(F)F. The Morgan fingerprint density at radius 1 is 0.691 bits per heavy atom. The summed E-state index contributed by atoms with van der Waals surface area (Å²) in [6, 6.07) is 11.9. The topological polar surface area (TPSA) is 47.9 Å². The molecule has 3 aromatic rings. The van der Waals surface area contributed by atoms with Crippen molar-refractivity contribution in [1.82, 2.24) is 15.0 Å². The zero-order valence-corrected chi connectivity index (χ0v) is 38.4. The molecule has 306 valence electrons. The molecule has 0 saturated heterocycles. The number of halogens is 2. The van der Waals surface area contributed by atoms with Crippen LogP contribution in [-0.2, 0) is 5.92 Å². The van der Waals surface area contributed by atoms with Crippen LogP contribution in [0.15, 0.2) is 42.7 Å². The Balaban J connectivity index is 1.30. The number of hydrogen-bond donors (Lipinski definition) is 0. The number of benzene rings is 1. The summed E-state index contributed by atoms with van der Waals surface area (Å²) in [5.41, 5.74) is 2.88. The van der Waals surface area contributed by atoms with Gasteiger partial charge in [-0.1, -0.05) is 199 Å². The van der Waals surface area contributed by atoms with Crippen LogP contribution in [0.25, 0.3) is 22.6 Å². The molecule has 1 aromatic carbocycles. The van der Waals surface area contributed by atoms with Crippen molar-refractivity contribution < 1.29 is 13.5 Å². The summed E-state index contributed by atoms with van der Waals surface area (Å²) in [5.74, 6) is 0.100. The summed E-state index contributed by atoms with van der Waals surface area (Å²) < 4.78 is 35.7. The van der Waals surface area contributed by atoms with Crippen molar-refractivity contribution in [3.63, 3.8) is 0 Å². The van der Waals surface area contributed by atoms with E-state index in [1.165, 1.54) is 132 Å². The van der Waals surface area contributed by atoms with Crippen LogP contribution in [0.3, 0.4) is 0 Å². The van der Waals surface area contributed by atoms with Crippen molar-refractivity contribution in [2.45, 2.75) is 181 Å². The lowest BCUT2D eigenvalue weighted by molar-refractivity contribution is -0.0243. The number of fused-ring (bicyclic) bond motifs is 1. The van der Waals surface area contributed by atoms with E-state index in [0.717, 1.165) is 34.9 Å². The van der Waals surface area contributed by atoms with Crippen molar-refractivity contribution in [3.8, 4) is 28.4 Å². The number of unbranched alkanes of at least 4 members (excludes halogenated alkanes) is 8. The Labute approximate surface area is 338 Å². The molecule has 0 N–H and O–H groups in total. The van der Waals surface area contributed by atoms with Gasteiger partial charge in [-0.05, 0) is 40.1 Å². The van der Waals surface area contributed by atoms with Gasteiger partial charge in [0.15, 0.2) is 18.1 Å². The average Bonchev–Trinajstić information content (AvgIpc) is 3.49. The molecule has 4 rings (SSSR count). The first kappa shape index (κ1) is 45.2. The molecule has 0 fully saturated rings. The zero-order valence-electron chi connectivity index (χ0n) is 35.6. The highest BCUT2D eigenvalue weighted by Crippen LogP contribution is 2.40. The van der Waals surface area contributed by atoms with Crippen molar-refractivity contribution in [2.75, 3.05) is 6.61 Å². The molecule has 4 unspecified atom stereocenters. The predicted octanol–water partition coefficient (Wildman–Crippen LogP) is 11.9. The summed E-state index contributed by atoms with van der Waals surface area (Å²) in [7, 11) is -1.34. The molecule has 55 heavy (non-hydrogen) atoms. The van der Waals surface area contributed by atoms with Gasteiger partial charge in [-0.2, -0.15) is 8.78 Å². The molecule has 0 bridgehead atoms. The van der Waals surface area contributed by atoms with Gasteiger partial charge in [-0.15, -0.1) is 0 Å². The van der Waals surface area contributed by atoms with Gasteiger partial charge >= 0.3 is 5.92 Å². The van der Waals surface area contributed by atoms with E-state index in [-0.39, 0.29) is 5.69 Å². The first-order valence-electron chi connectivity index (χ1n) is 22.6. The second-order valence-electron chi connectivity index (χ2n) is 17.6. The smallest absolute Gasteiger partial charge is 0.326 e. The minimum atomic E-state index is -3.10. The van der Waals surface area contributed by atoms with Gasteiger partial charge in [0.1, 0.15) is 11.4 Å². The molecule has 4 nitrogen and oxygen atoms in total. The van der Waals surface area contributed by atoms with Crippen LogP contribution in [0, 0.1) is 17.8 Å². The number of alkyl halides is 2. The summed E-state index contributed by atoms with van der Waals surface area (Å²) in [5, 5.41) is 2.37. The molecule has 8 heteroatoms. The molecule has 4 atom stereocenters. The lowest BCUT2D eigenvalue weighted by atomic mass is 9.94. The first-order valence-corrected chi connectivity index (χ1v) is 25.8. The fraction of sp³-hybridized carbons (Fsp3) is 0.681. The molecule has 0 aliphatic carbocycles. The third kappa shape index (κ3) is 15.4. The van der Waals surface area contributed by atoms with E-state index in [1.54, 1.807) is 0 Å². The molecule has 0 spiro atoms. The Morgan fingerprint density at radius 3 is 1.85 bits per heavy atom. The summed E-state index contributed by atoms with van der Waals surface area (Å²) in [4.78, 5) is 13.9. The highest BCUT2D eigenvalue weighted by Gasteiger charge is 2.45. The normalized spacial score (nSPS) is 16.1. The number of nitrogens with zero attached hydrogens (tertiary/aromatic N) is 3. The van der Waals surface area contributed by atoms with E-state index in [2.05, 4.69) is 70.8 Å². The fourth-order valence-corrected chi connectivity index (χ4v) is 12.7. The first-order chi connectivity index (χ1) is 26.6. The minimum Gasteiger partial charge on any atom is -0.485 e. The maximum absolute atomic E-state index is 15.0. The highest BCUT2D eigenvalue weighted by atomic mass is 28.2. The van der Waals surface area contributed by atoms with Crippen LogP contribution >= 0.6 is 0 Å². The lowest BCUT2D eigenvalue weighted by Gasteiger charge is -2.15. The Hall–Kier alpha value is -2.46. The van der Waals surface area contributed by atoms with Crippen molar-refractivity contribution >= 4 is 29.4 Å². The number of hydrogen-bond acceptors (Lipinski definition) is 4. The second kappa shape index (κ2) is 24.3. The lowest BCUT2D eigenvalue weighted by Crippen LogP contribution is -2.22. The zero-order chi connectivity index (χ0) is 39.5. The molecule has 3 heterocycles. The van der Waals surface area contributed by atoms with Crippen molar-refractivity contribution in [2.24, 2.45) is 17.8 Å². The van der Waals surface area contributed by atoms with Crippen molar-refractivity contribution in [1.29, 1.82) is 0 Å². The van der Waals surface area contributed by atoms with Gasteiger partial charge < -0.3 is 4.74 Å². The Bertz CT molecular complexity index is 1520. The Kier molecular flexibility index (Phi) is 20.0. The van der Waals surface area contributed by atoms with E-state index < -0.39 is 31.6 Å². The van der Waals surface area contributed by atoms with E-state index >= 15 is 8.78 Å². The number of rotatable bonds is 28. The van der Waals surface area contributed by atoms with E-state index in [0.29, 0.717) is 22.8 Å². The fourth-order valence-electron chi connectivity index (χ4n) is 8.47. The van der Waals surface area contributed by atoms with E-state index in [1.807, 2.05) is 18.5 Å². The van der Waals surface area contributed by atoms with Gasteiger partial charge in [0.05, 0.1) is 19.0 Å². The second-order valence-corrected chi connectivity index (χ2v) is 22.1. The van der Waals surface area contributed by atoms with Crippen LogP contribution in [0.2, 0.25) is 11.6 Å². The molecule has 1 aliphatic heterocycles. The standard InChI is InChI=1S/C47H75F2N3OSi2/c1-7-9-13-21-35(3)23-15-11-12-16-26-38(6)55-43-31-41(52-45-44(43)53-34-47(45,48)49)46-50-32-39(33-51-46)40-27-19-20-28-42(40)54-30-29-37(5)25-18-17-24-36(4)22-14-10-8-2/h19-20,27-28,31-33,35-38H,7-18,21-26,29-30,34,54-55H2,1-6H3. The number of aromatic nitrogens is 3. The third-order valence-corrected chi connectivity index (χ3v) is 16.1. The maximum Gasteiger partial charge on any atom is 0.326 e. The van der Waals surface area contributed by atoms with Gasteiger partial charge in [0, 0.05) is 18.0 Å². The molecular weight excluding hydrogens is 717 g/mol. The third-order valence-electron chi connectivity index (χ3n) is 12.1. The summed E-state index contributed by atoms with van der Waals surface area (Å²) >= 11 is 0.